The number of aromatic nitrogens is 4. The van der Waals surface area contributed by atoms with Gasteiger partial charge in [0.2, 0.25) is 0 Å². The van der Waals surface area contributed by atoms with Crippen molar-refractivity contribution < 1.29 is 4.79 Å². The van der Waals surface area contributed by atoms with Crippen molar-refractivity contribution in [2.45, 2.75) is 0 Å². The molecule has 21 heavy (non-hydrogen) atoms. The van der Waals surface area contributed by atoms with Crippen LogP contribution in [0.25, 0.3) is 5.69 Å². The van der Waals surface area contributed by atoms with E-state index < -0.39 is 0 Å². The van der Waals surface area contributed by atoms with Crippen LogP contribution in [0.3, 0.4) is 0 Å². The van der Waals surface area contributed by atoms with Gasteiger partial charge in [-0.05, 0) is 24.4 Å². The van der Waals surface area contributed by atoms with E-state index in [-0.39, 0.29) is 11.7 Å². The fourth-order valence-corrected chi connectivity index (χ4v) is 2.09. The summed E-state index contributed by atoms with van der Waals surface area (Å²) in [5.41, 5.74) is 3.58. The number of para-hydroxylation sites is 1. The first-order chi connectivity index (χ1) is 10.2. The Labute approximate surface area is 122 Å². The molecule has 8 heteroatoms. The highest BCUT2D eigenvalue weighted by Crippen LogP contribution is 2.03. The number of carbonyl (C=O) groups excluding carboxylic acids is 1. The molecule has 1 aromatic heterocycles. The Bertz CT molecular complexity index is 604. The SMILES string of the molecule is CN1CCN(NC(=O)c2nnn(-c3ccccc3)n2)CC1. The highest BCUT2D eigenvalue weighted by atomic mass is 16.2. The summed E-state index contributed by atoms with van der Waals surface area (Å²) in [5, 5.41) is 13.7. The zero-order chi connectivity index (χ0) is 14.7. The lowest BCUT2D eigenvalue weighted by Gasteiger charge is -2.31. The second-order valence-electron chi connectivity index (χ2n) is 4.97. The Morgan fingerprint density at radius 1 is 1.14 bits per heavy atom. The molecule has 3 rings (SSSR count). The predicted molar refractivity (Wildman–Crippen MR) is 75.7 cm³/mol. The summed E-state index contributed by atoms with van der Waals surface area (Å²) in [5.74, 6) is -0.264. The minimum Gasteiger partial charge on any atom is -0.304 e. The van der Waals surface area contributed by atoms with Gasteiger partial charge in [0.25, 0.3) is 5.82 Å². The molecule has 2 heterocycles. The highest BCUT2D eigenvalue weighted by Gasteiger charge is 2.19. The molecule has 1 fully saturated rings. The van der Waals surface area contributed by atoms with Gasteiger partial charge >= 0.3 is 5.91 Å². The van der Waals surface area contributed by atoms with E-state index in [9.17, 15) is 4.79 Å². The average molecular weight is 287 g/mol. The quantitative estimate of drug-likeness (QED) is 0.824. The molecule has 0 atom stereocenters. The van der Waals surface area contributed by atoms with E-state index in [2.05, 4.69) is 32.8 Å². The van der Waals surface area contributed by atoms with Crippen LogP contribution < -0.4 is 5.43 Å². The van der Waals surface area contributed by atoms with Crippen molar-refractivity contribution in [2.24, 2.45) is 0 Å². The minimum absolute atomic E-state index is 0.0674. The number of nitrogens with one attached hydrogen (secondary N) is 1. The van der Waals surface area contributed by atoms with Crippen LogP contribution >= 0.6 is 0 Å². The summed E-state index contributed by atoms with van der Waals surface area (Å²) in [7, 11) is 2.06. The summed E-state index contributed by atoms with van der Waals surface area (Å²) in [4.78, 5) is 15.7. The van der Waals surface area contributed by atoms with Gasteiger partial charge in [-0.3, -0.25) is 10.2 Å². The zero-order valence-electron chi connectivity index (χ0n) is 11.8. The number of tetrazole rings is 1. The molecular formula is C13H17N7O. The van der Waals surface area contributed by atoms with Gasteiger partial charge in [0.15, 0.2) is 0 Å². The number of piperazine rings is 1. The molecule has 1 N–H and O–H groups in total. The molecule has 1 aliphatic rings. The van der Waals surface area contributed by atoms with Crippen LogP contribution in [0.5, 0.6) is 0 Å². The number of carbonyl (C=O) groups is 1. The van der Waals surface area contributed by atoms with Crippen molar-refractivity contribution in [3.8, 4) is 5.69 Å². The number of likely N-dealkylation sites (N-methyl/N-ethyl adjacent to an activating group) is 1. The van der Waals surface area contributed by atoms with E-state index in [1.807, 2.05) is 35.3 Å². The summed E-state index contributed by atoms with van der Waals surface area (Å²) in [6, 6.07) is 9.36. The van der Waals surface area contributed by atoms with Gasteiger partial charge in [-0.2, -0.15) is 0 Å². The van der Waals surface area contributed by atoms with Crippen molar-refractivity contribution in [2.75, 3.05) is 33.2 Å². The number of nitrogens with zero attached hydrogens (tertiary/aromatic N) is 6. The van der Waals surface area contributed by atoms with E-state index in [4.69, 9.17) is 0 Å². The van der Waals surface area contributed by atoms with E-state index in [0.29, 0.717) is 0 Å². The third-order valence-corrected chi connectivity index (χ3v) is 3.37. The Balaban J connectivity index is 1.64. The van der Waals surface area contributed by atoms with Crippen molar-refractivity contribution in [3.05, 3.63) is 36.2 Å². The maximum absolute atomic E-state index is 12.1. The van der Waals surface area contributed by atoms with Gasteiger partial charge in [0.1, 0.15) is 0 Å². The van der Waals surface area contributed by atoms with Crippen LogP contribution in [-0.2, 0) is 0 Å². The van der Waals surface area contributed by atoms with Crippen LogP contribution in [0, 0.1) is 0 Å². The smallest absolute Gasteiger partial charge is 0.304 e. The van der Waals surface area contributed by atoms with E-state index in [1.165, 1.54) is 4.80 Å². The lowest BCUT2D eigenvalue weighted by Crippen LogP contribution is -2.52. The fraction of sp³-hybridized carbons (Fsp3) is 0.385. The molecule has 1 saturated heterocycles. The molecule has 0 unspecified atom stereocenters. The van der Waals surface area contributed by atoms with Gasteiger partial charge in [0.05, 0.1) is 5.69 Å². The van der Waals surface area contributed by atoms with Crippen molar-refractivity contribution in [1.29, 1.82) is 0 Å². The number of hydrogen-bond donors (Lipinski definition) is 1. The molecule has 1 aliphatic heterocycles. The molecule has 0 spiro atoms. The van der Waals surface area contributed by atoms with E-state index >= 15 is 0 Å². The first kappa shape index (κ1) is 13.7. The van der Waals surface area contributed by atoms with Crippen LogP contribution in [-0.4, -0.2) is 69.2 Å². The highest BCUT2D eigenvalue weighted by molar-refractivity contribution is 5.89. The molecule has 0 bridgehead atoms. The van der Waals surface area contributed by atoms with Gasteiger partial charge < -0.3 is 4.90 Å². The van der Waals surface area contributed by atoms with Crippen LogP contribution in [0.4, 0.5) is 0 Å². The number of benzene rings is 1. The average Bonchev–Trinajstić information content (AvgIpc) is 3.00. The molecule has 0 aliphatic carbocycles. The Morgan fingerprint density at radius 3 is 2.57 bits per heavy atom. The molecule has 0 radical (unpaired) electrons. The zero-order valence-corrected chi connectivity index (χ0v) is 11.8. The van der Waals surface area contributed by atoms with E-state index in [1.54, 1.807) is 0 Å². The second-order valence-corrected chi connectivity index (χ2v) is 4.97. The largest absolute Gasteiger partial charge is 0.307 e. The number of amides is 1. The molecule has 1 aromatic carbocycles. The standard InChI is InChI=1S/C13H17N7O/c1-18-7-9-19(10-8-18)16-13(21)12-14-17-20(15-12)11-5-3-2-4-6-11/h2-6H,7-10H2,1H3,(H,16,21). The summed E-state index contributed by atoms with van der Waals surface area (Å²) in [6.45, 7) is 3.42. The summed E-state index contributed by atoms with van der Waals surface area (Å²) in [6.07, 6.45) is 0. The Morgan fingerprint density at radius 2 is 1.86 bits per heavy atom. The normalized spacial score (nSPS) is 16.8. The van der Waals surface area contributed by atoms with E-state index in [0.717, 1.165) is 31.9 Å². The molecular weight excluding hydrogens is 270 g/mol. The van der Waals surface area contributed by atoms with Crippen molar-refractivity contribution in [1.82, 2.24) is 35.5 Å². The molecule has 110 valence electrons. The van der Waals surface area contributed by atoms with Crippen LogP contribution in [0.1, 0.15) is 10.6 Å². The number of rotatable bonds is 3. The minimum atomic E-state index is -0.332. The van der Waals surface area contributed by atoms with Gasteiger partial charge in [0, 0.05) is 26.2 Å². The Kier molecular flexibility index (Phi) is 3.89. The number of hydrazine groups is 1. The predicted octanol–water partition coefficient (Wildman–Crippen LogP) is -0.445. The maximum Gasteiger partial charge on any atom is 0.307 e. The monoisotopic (exact) mass is 287 g/mol. The topological polar surface area (TPSA) is 79.2 Å². The lowest BCUT2D eigenvalue weighted by atomic mass is 10.3. The van der Waals surface area contributed by atoms with Crippen molar-refractivity contribution >= 4 is 5.91 Å². The third-order valence-electron chi connectivity index (χ3n) is 3.37. The lowest BCUT2D eigenvalue weighted by molar-refractivity contribution is 0.0652. The second kappa shape index (κ2) is 5.98. The number of hydrogen-bond acceptors (Lipinski definition) is 6. The maximum atomic E-state index is 12.1. The summed E-state index contributed by atoms with van der Waals surface area (Å²) >= 11 is 0. The third kappa shape index (κ3) is 3.23. The van der Waals surface area contributed by atoms with Crippen LogP contribution in [0.2, 0.25) is 0 Å². The first-order valence-electron chi connectivity index (χ1n) is 6.82. The van der Waals surface area contributed by atoms with Gasteiger partial charge in [-0.1, -0.05) is 18.2 Å². The fourth-order valence-electron chi connectivity index (χ4n) is 2.09. The van der Waals surface area contributed by atoms with Gasteiger partial charge in [-0.25, -0.2) is 5.01 Å². The molecule has 0 saturated carbocycles. The molecule has 1 amide bonds. The summed E-state index contributed by atoms with van der Waals surface area (Å²) < 4.78 is 0. The van der Waals surface area contributed by atoms with Crippen molar-refractivity contribution in [3.63, 3.8) is 0 Å². The van der Waals surface area contributed by atoms with Gasteiger partial charge in [-0.15, -0.1) is 15.0 Å². The Hall–Kier alpha value is -2.32. The van der Waals surface area contributed by atoms with Crippen LogP contribution in [0.15, 0.2) is 30.3 Å². The first-order valence-corrected chi connectivity index (χ1v) is 6.82. The molecule has 8 nitrogen and oxygen atoms in total. The molecule has 2 aromatic rings.